The van der Waals surface area contributed by atoms with Crippen LogP contribution in [0, 0.1) is 6.92 Å². The van der Waals surface area contributed by atoms with Crippen LogP contribution in [0.3, 0.4) is 0 Å². The smallest absolute Gasteiger partial charge is 0.230 e. The lowest BCUT2D eigenvalue weighted by atomic mass is 10.0. The number of aromatic hydroxyl groups is 1. The molecule has 1 aromatic carbocycles. The first-order valence-corrected chi connectivity index (χ1v) is 9.52. The van der Waals surface area contributed by atoms with E-state index in [9.17, 15) is 5.11 Å². The van der Waals surface area contributed by atoms with Crippen molar-refractivity contribution in [3.63, 3.8) is 0 Å². The van der Waals surface area contributed by atoms with Gasteiger partial charge in [0.1, 0.15) is 17.3 Å². The highest BCUT2D eigenvalue weighted by Crippen LogP contribution is 2.43. The summed E-state index contributed by atoms with van der Waals surface area (Å²) in [6.07, 6.45) is 0. The van der Waals surface area contributed by atoms with E-state index >= 15 is 0 Å². The fraction of sp³-hybridized carbons (Fsp3) is 0.444. The molecule has 1 N–H and O–H groups in total. The summed E-state index contributed by atoms with van der Waals surface area (Å²) in [5, 5.41) is 15.2. The fourth-order valence-corrected chi connectivity index (χ4v) is 4.57. The van der Waals surface area contributed by atoms with Gasteiger partial charge in [-0.2, -0.15) is 4.52 Å². The lowest BCUT2D eigenvalue weighted by Crippen LogP contribution is -2.39. The number of fused-ring (bicyclic) bond motifs is 1. The van der Waals surface area contributed by atoms with Crippen molar-refractivity contribution < 1.29 is 19.3 Å². The van der Waals surface area contributed by atoms with Crippen molar-refractivity contribution in [1.82, 2.24) is 19.5 Å². The minimum Gasteiger partial charge on any atom is -0.497 e. The Bertz CT molecular complexity index is 948. The average Bonchev–Trinajstić information content (AvgIpc) is 3.20. The summed E-state index contributed by atoms with van der Waals surface area (Å²) in [5.74, 6) is 2.21. The van der Waals surface area contributed by atoms with Crippen LogP contribution < -0.4 is 9.47 Å². The fourth-order valence-electron chi connectivity index (χ4n) is 3.42. The van der Waals surface area contributed by atoms with E-state index in [2.05, 4.69) is 15.0 Å². The van der Waals surface area contributed by atoms with Gasteiger partial charge in [-0.15, -0.1) is 5.10 Å². The van der Waals surface area contributed by atoms with Gasteiger partial charge in [0.25, 0.3) is 0 Å². The van der Waals surface area contributed by atoms with E-state index in [1.54, 1.807) is 14.2 Å². The molecule has 0 bridgehead atoms. The lowest BCUT2D eigenvalue weighted by Gasteiger charge is -2.34. The van der Waals surface area contributed by atoms with Crippen LogP contribution in [0.15, 0.2) is 18.2 Å². The van der Waals surface area contributed by atoms with Gasteiger partial charge in [-0.05, 0) is 25.1 Å². The van der Waals surface area contributed by atoms with Crippen molar-refractivity contribution in [3.8, 4) is 17.4 Å². The molecule has 1 aliphatic heterocycles. The maximum absolute atomic E-state index is 10.9. The molecule has 0 unspecified atom stereocenters. The predicted octanol–water partition coefficient (Wildman–Crippen LogP) is 2.24. The third-order valence-electron chi connectivity index (χ3n) is 4.70. The number of methoxy groups -OCH3 is 2. The molecular weight excluding hydrogens is 368 g/mol. The summed E-state index contributed by atoms with van der Waals surface area (Å²) < 4.78 is 18.1. The van der Waals surface area contributed by atoms with Crippen molar-refractivity contribution in [2.24, 2.45) is 0 Å². The van der Waals surface area contributed by atoms with Gasteiger partial charge < -0.3 is 19.3 Å². The van der Waals surface area contributed by atoms with Crippen molar-refractivity contribution in [1.29, 1.82) is 0 Å². The molecule has 1 saturated heterocycles. The molecule has 144 valence electrons. The summed E-state index contributed by atoms with van der Waals surface area (Å²) in [5.41, 5.74) is 0.926. The second-order valence-electron chi connectivity index (χ2n) is 6.30. The first-order valence-electron chi connectivity index (χ1n) is 8.71. The van der Waals surface area contributed by atoms with Gasteiger partial charge in [-0.3, -0.25) is 4.90 Å². The molecule has 1 aliphatic rings. The maximum Gasteiger partial charge on any atom is 0.230 e. The summed E-state index contributed by atoms with van der Waals surface area (Å²) >= 11 is 1.43. The molecule has 3 heterocycles. The van der Waals surface area contributed by atoms with E-state index in [-0.39, 0.29) is 11.9 Å². The van der Waals surface area contributed by atoms with Gasteiger partial charge in [0.2, 0.25) is 10.8 Å². The monoisotopic (exact) mass is 390 g/mol. The van der Waals surface area contributed by atoms with Crippen LogP contribution in [0.5, 0.6) is 17.4 Å². The van der Waals surface area contributed by atoms with Crippen molar-refractivity contribution >= 4 is 16.3 Å². The van der Waals surface area contributed by atoms with Gasteiger partial charge in [0.05, 0.1) is 38.4 Å². The number of aryl methyl sites for hydroxylation is 1. The highest BCUT2D eigenvalue weighted by molar-refractivity contribution is 7.17. The first-order chi connectivity index (χ1) is 13.1. The van der Waals surface area contributed by atoms with E-state index < -0.39 is 0 Å². The van der Waals surface area contributed by atoms with Crippen LogP contribution >= 0.6 is 11.3 Å². The van der Waals surface area contributed by atoms with Crippen molar-refractivity contribution in [2.45, 2.75) is 13.0 Å². The standard InChI is InChI=1S/C18H22N4O4S/c1-11-19-18-22(20-11)17(23)16(27-18)15(21-6-8-26-9-7-21)13-10-12(24-2)4-5-14(13)25-3/h4-5,10,15,23H,6-9H2,1-3H3/t15-/m1/s1. The highest BCUT2D eigenvalue weighted by Gasteiger charge is 2.32. The quantitative estimate of drug-likeness (QED) is 0.715. The summed E-state index contributed by atoms with van der Waals surface area (Å²) in [6, 6.07) is 5.50. The molecular formula is C18H22N4O4S. The second-order valence-corrected chi connectivity index (χ2v) is 7.31. The van der Waals surface area contributed by atoms with E-state index in [1.165, 1.54) is 15.9 Å². The molecule has 4 rings (SSSR count). The van der Waals surface area contributed by atoms with E-state index in [1.807, 2.05) is 25.1 Å². The molecule has 0 amide bonds. The number of rotatable bonds is 5. The van der Waals surface area contributed by atoms with Gasteiger partial charge in [-0.1, -0.05) is 11.3 Å². The Labute approximate surface area is 160 Å². The van der Waals surface area contributed by atoms with E-state index in [0.717, 1.165) is 35.0 Å². The van der Waals surface area contributed by atoms with Crippen LogP contribution in [0.4, 0.5) is 0 Å². The van der Waals surface area contributed by atoms with Crippen molar-refractivity contribution in [3.05, 3.63) is 34.5 Å². The third kappa shape index (κ3) is 3.22. The lowest BCUT2D eigenvalue weighted by molar-refractivity contribution is 0.0237. The summed E-state index contributed by atoms with van der Waals surface area (Å²) in [4.78, 5) is 8.12. The van der Waals surface area contributed by atoms with Gasteiger partial charge in [0, 0.05) is 18.7 Å². The molecule has 0 aliphatic carbocycles. The number of hydrogen-bond acceptors (Lipinski definition) is 8. The average molecular weight is 390 g/mol. The molecule has 2 aromatic heterocycles. The molecule has 9 heteroatoms. The molecule has 27 heavy (non-hydrogen) atoms. The SMILES string of the molecule is COc1ccc(OC)c([C@H](c2sc3nc(C)nn3c2O)N2CCOCC2)c1. The zero-order valence-corrected chi connectivity index (χ0v) is 16.3. The van der Waals surface area contributed by atoms with Crippen LogP contribution in [0.25, 0.3) is 4.96 Å². The van der Waals surface area contributed by atoms with Crippen LogP contribution in [0.2, 0.25) is 0 Å². The van der Waals surface area contributed by atoms with Crippen LogP contribution in [-0.2, 0) is 4.74 Å². The number of ether oxygens (including phenoxy) is 3. The Morgan fingerprint density at radius 3 is 2.67 bits per heavy atom. The van der Waals surface area contributed by atoms with Gasteiger partial charge >= 0.3 is 0 Å². The van der Waals surface area contributed by atoms with E-state index in [0.29, 0.717) is 24.0 Å². The van der Waals surface area contributed by atoms with Crippen LogP contribution in [0.1, 0.15) is 22.3 Å². The highest BCUT2D eigenvalue weighted by atomic mass is 32.1. The second kappa shape index (κ2) is 7.34. The molecule has 0 spiro atoms. The van der Waals surface area contributed by atoms with Gasteiger partial charge in [0.15, 0.2) is 0 Å². The van der Waals surface area contributed by atoms with Crippen LogP contribution in [-0.4, -0.2) is 65.1 Å². The largest absolute Gasteiger partial charge is 0.497 e. The van der Waals surface area contributed by atoms with E-state index in [4.69, 9.17) is 14.2 Å². The normalized spacial score (nSPS) is 16.6. The zero-order chi connectivity index (χ0) is 19.0. The number of morpholine rings is 1. The Morgan fingerprint density at radius 1 is 1.22 bits per heavy atom. The number of hydrogen-bond donors (Lipinski definition) is 1. The van der Waals surface area contributed by atoms with Gasteiger partial charge in [-0.25, -0.2) is 4.98 Å². The molecule has 1 fully saturated rings. The molecule has 8 nitrogen and oxygen atoms in total. The Hall–Kier alpha value is -2.36. The zero-order valence-electron chi connectivity index (χ0n) is 15.5. The molecule has 1 atom stereocenters. The molecule has 0 radical (unpaired) electrons. The molecule has 0 saturated carbocycles. The minimum atomic E-state index is -0.215. The number of aromatic nitrogens is 3. The topological polar surface area (TPSA) is 81.4 Å². The minimum absolute atomic E-state index is 0.108. The summed E-state index contributed by atoms with van der Waals surface area (Å²) in [7, 11) is 3.28. The number of thiazole rings is 1. The number of nitrogens with zero attached hydrogens (tertiary/aromatic N) is 4. The Balaban J connectivity index is 1.89. The van der Waals surface area contributed by atoms with Crippen molar-refractivity contribution in [2.75, 3.05) is 40.5 Å². The molecule has 3 aromatic rings. The Morgan fingerprint density at radius 2 is 2.00 bits per heavy atom. The summed E-state index contributed by atoms with van der Waals surface area (Å²) in [6.45, 7) is 4.59. The first kappa shape index (κ1) is 18.0. The maximum atomic E-state index is 10.9. The Kier molecular flexibility index (Phi) is 4.90. The third-order valence-corrected chi connectivity index (χ3v) is 5.77. The number of benzene rings is 1. The predicted molar refractivity (Wildman–Crippen MR) is 101 cm³/mol.